The van der Waals surface area contributed by atoms with E-state index in [1.54, 1.807) is 0 Å². The normalized spacial score (nSPS) is 17.2. The van der Waals surface area contributed by atoms with Crippen LogP contribution in [0.25, 0.3) is 0 Å². The Labute approximate surface area is 120 Å². The Morgan fingerprint density at radius 1 is 1.20 bits per heavy atom. The third-order valence-corrected chi connectivity index (χ3v) is 3.12. The first kappa shape index (κ1) is 14.6. The Morgan fingerprint density at radius 3 is 2.65 bits per heavy atom. The monoisotopic (exact) mass is 274 g/mol. The second kappa shape index (κ2) is 6.07. The zero-order valence-corrected chi connectivity index (χ0v) is 12.4. The van der Waals surface area contributed by atoms with Gasteiger partial charge in [0.2, 0.25) is 0 Å². The number of nitrogens with one attached hydrogen (secondary N) is 1. The fraction of sp³-hybridized carbons (Fsp3) is 0.500. The van der Waals surface area contributed by atoms with Crippen LogP contribution in [0.4, 0.5) is 4.79 Å². The summed E-state index contributed by atoms with van der Waals surface area (Å²) in [7, 11) is 0. The van der Waals surface area contributed by atoms with E-state index < -0.39 is 11.7 Å². The van der Waals surface area contributed by atoms with Crippen molar-refractivity contribution in [2.75, 3.05) is 0 Å². The standard InChI is InChI=1S/C16H22N2O2/c1-16(2,3)20-15(19)18-17-14-11-7-5-9-12-8-4-6-10-13(12)14/h4,6,8,10H,5,7,9,11H2,1-3H3,(H,18,19)/b17-14-. The van der Waals surface area contributed by atoms with Gasteiger partial charge in [0.25, 0.3) is 0 Å². The van der Waals surface area contributed by atoms with Gasteiger partial charge in [-0.05, 0) is 52.0 Å². The zero-order chi connectivity index (χ0) is 14.6. The van der Waals surface area contributed by atoms with Crippen LogP contribution in [0.1, 0.15) is 51.2 Å². The number of carbonyl (C=O) groups excluding carboxylic acids is 1. The quantitative estimate of drug-likeness (QED) is 0.628. The second-order valence-electron chi connectivity index (χ2n) is 6.04. The van der Waals surface area contributed by atoms with Gasteiger partial charge in [-0.1, -0.05) is 24.3 Å². The van der Waals surface area contributed by atoms with Crippen molar-refractivity contribution < 1.29 is 9.53 Å². The van der Waals surface area contributed by atoms with E-state index in [0.717, 1.165) is 37.0 Å². The summed E-state index contributed by atoms with van der Waals surface area (Å²) >= 11 is 0. The highest BCUT2D eigenvalue weighted by atomic mass is 16.6. The predicted octanol–water partition coefficient (Wildman–Crippen LogP) is 3.64. The summed E-state index contributed by atoms with van der Waals surface area (Å²) in [6, 6.07) is 8.25. The molecule has 1 aliphatic rings. The Hall–Kier alpha value is -1.84. The Kier molecular flexibility index (Phi) is 4.42. The number of hydrogen-bond acceptors (Lipinski definition) is 3. The van der Waals surface area contributed by atoms with E-state index in [1.807, 2.05) is 32.9 Å². The van der Waals surface area contributed by atoms with E-state index in [9.17, 15) is 4.79 Å². The summed E-state index contributed by atoms with van der Waals surface area (Å²) in [4.78, 5) is 11.7. The van der Waals surface area contributed by atoms with Crippen molar-refractivity contribution in [3.05, 3.63) is 35.4 Å². The van der Waals surface area contributed by atoms with Gasteiger partial charge >= 0.3 is 6.09 Å². The smallest absolute Gasteiger partial charge is 0.428 e. The summed E-state index contributed by atoms with van der Waals surface area (Å²) in [5.41, 5.74) is 5.37. The SMILES string of the molecule is CC(C)(C)OC(=O)N/N=C1/CCCCc2ccccc21. The maximum atomic E-state index is 11.7. The van der Waals surface area contributed by atoms with Gasteiger partial charge in [-0.3, -0.25) is 0 Å². The molecule has 0 spiro atoms. The van der Waals surface area contributed by atoms with Crippen molar-refractivity contribution in [2.24, 2.45) is 5.10 Å². The minimum atomic E-state index is -0.508. The van der Waals surface area contributed by atoms with Crippen LogP contribution in [0.2, 0.25) is 0 Å². The van der Waals surface area contributed by atoms with Crippen LogP contribution in [0.3, 0.4) is 0 Å². The molecule has 0 fully saturated rings. The molecule has 1 aromatic carbocycles. The van der Waals surface area contributed by atoms with Gasteiger partial charge in [0, 0.05) is 5.56 Å². The predicted molar refractivity (Wildman–Crippen MR) is 79.9 cm³/mol. The molecule has 1 aromatic rings. The van der Waals surface area contributed by atoms with Crippen molar-refractivity contribution in [3.63, 3.8) is 0 Å². The van der Waals surface area contributed by atoms with Crippen LogP contribution in [0.15, 0.2) is 29.4 Å². The van der Waals surface area contributed by atoms with Crippen molar-refractivity contribution in [1.29, 1.82) is 0 Å². The number of hydrazone groups is 1. The van der Waals surface area contributed by atoms with Crippen molar-refractivity contribution >= 4 is 11.8 Å². The third-order valence-electron chi connectivity index (χ3n) is 3.12. The van der Waals surface area contributed by atoms with Gasteiger partial charge in [0.1, 0.15) is 5.60 Å². The Morgan fingerprint density at radius 2 is 1.90 bits per heavy atom. The van der Waals surface area contributed by atoms with Crippen molar-refractivity contribution in [3.8, 4) is 0 Å². The summed E-state index contributed by atoms with van der Waals surface area (Å²) in [5.74, 6) is 0. The average Bonchev–Trinajstić information content (AvgIpc) is 2.56. The van der Waals surface area contributed by atoms with Gasteiger partial charge in [0.05, 0.1) is 5.71 Å². The lowest BCUT2D eigenvalue weighted by atomic mass is 10.0. The first-order valence-corrected chi connectivity index (χ1v) is 7.09. The first-order chi connectivity index (χ1) is 9.46. The van der Waals surface area contributed by atoms with E-state index in [0.29, 0.717) is 0 Å². The molecule has 1 N–H and O–H groups in total. The van der Waals surface area contributed by atoms with Crippen LogP contribution in [0.5, 0.6) is 0 Å². The molecular formula is C16H22N2O2. The first-order valence-electron chi connectivity index (χ1n) is 7.09. The topological polar surface area (TPSA) is 50.7 Å². The maximum absolute atomic E-state index is 11.7. The molecule has 4 heteroatoms. The van der Waals surface area contributed by atoms with Crippen molar-refractivity contribution in [2.45, 2.75) is 52.1 Å². The van der Waals surface area contributed by atoms with E-state index >= 15 is 0 Å². The van der Waals surface area contributed by atoms with E-state index in [-0.39, 0.29) is 0 Å². The van der Waals surface area contributed by atoms with Crippen LogP contribution in [-0.2, 0) is 11.2 Å². The molecule has 0 heterocycles. The summed E-state index contributed by atoms with van der Waals surface area (Å²) in [6.07, 6.45) is 3.69. The molecule has 0 aromatic heterocycles. The van der Waals surface area contributed by atoms with Gasteiger partial charge in [-0.15, -0.1) is 0 Å². The number of fused-ring (bicyclic) bond motifs is 1. The minimum absolute atomic E-state index is 0.508. The Balaban J connectivity index is 2.12. The Bertz CT molecular complexity index is 515. The molecular weight excluding hydrogens is 252 g/mol. The number of carbonyl (C=O) groups is 1. The molecule has 108 valence electrons. The number of aryl methyl sites for hydroxylation is 1. The molecule has 1 amide bonds. The molecule has 0 saturated heterocycles. The minimum Gasteiger partial charge on any atom is -0.443 e. The second-order valence-corrected chi connectivity index (χ2v) is 6.04. The lowest BCUT2D eigenvalue weighted by molar-refractivity contribution is 0.0529. The summed E-state index contributed by atoms with van der Waals surface area (Å²) < 4.78 is 5.19. The molecule has 1 aliphatic carbocycles. The number of ether oxygens (including phenoxy) is 1. The maximum Gasteiger partial charge on any atom is 0.428 e. The molecule has 20 heavy (non-hydrogen) atoms. The number of rotatable bonds is 1. The lowest BCUT2D eigenvalue weighted by Gasteiger charge is -2.18. The molecule has 0 atom stereocenters. The highest BCUT2D eigenvalue weighted by Crippen LogP contribution is 2.20. The molecule has 0 bridgehead atoms. The highest BCUT2D eigenvalue weighted by molar-refractivity contribution is 6.02. The fourth-order valence-electron chi connectivity index (χ4n) is 2.29. The van der Waals surface area contributed by atoms with Crippen LogP contribution in [-0.4, -0.2) is 17.4 Å². The summed E-state index contributed by atoms with van der Waals surface area (Å²) in [6.45, 7) is 5.50. The molecule has 0 unspecified atom stereocenters. The van der Waals surface area contributed by atoms with Gasteiger partial charge < -0.3 is 4.74 Å². The van der Waals surface area contributed by atoms with Crippen molar-refractivity contribution in [1.82, 2.24) is 5.43 Å². The molecule has 2 rings (SSSR count). The van der Waals surface area contributed by atoms with Crippen LogP contribution in [0, 0.1) is 0 Å². The van der Waals surface area contributed by atoms with E-state index in [1.165, 1.54) is 5.56 Å². The highest BCUT2D eigenvalue weighted by Gasteiger charge is 2.17. The van der Waals surface area contributed by atoms with Gasteiger partial charge in [-0.25, -0.2) is 10.2 Å². The zero-order valence-electron chi connectivity index (χ0n) is 12.4. The van der Waals surface area contributed by atoms with Gasteiger partial charge in [0.15, 0.2) is 0 Å². The molecule has 0 aliphatic heterocycles. The van der Waals surface area contributed by atoms with Crippen LogP contribution < -0.4 is 5.43 Å². The van der Waals surface area contributed by atoms with E-state index in [4.69, 9.17) is 4.74 Å². The lowest BCUT2D eigenvalue weighted by Crippen LogP contribution is -2.30. The number of nitrogens with zero attached hydrogens (tertiary/aromatic N) is 1. The molecule has 0 saturated carbocycles. The summed E-state index contributed by atoms with van der Waals surface area (Å²) in [5, 5.41) is 4.26. The molecule has 4 nitrogen and oxygen atoms in total. The van der Waals surface area contributed by atoms with Crippen LogP contribution >= 0.6 is 0 Å². The third kappa shape index (κ3) is 4.08. The largest absolute Gasteiger partial charge is 0.443 e. The molecule has 0 radical (unpaired) electrons. The van der Waals surface area contributed by atoms with E-state index in [2.05, 4.69) is 22.7 Å². The number of amides is 1. The average molecular weight is 274 g/mol. The number of benzene rings is 1. The fourth-order valence-corrected chi connectivity index (χ4v) is 2.29. The van der Waals surface area contributed by atoms with Gasteiger partial charge in [-0.2, -0.15) is 5.10 Å². The number of hydrogen-bond donors (Lipinski definition) is 1.